The van der Waals surface area contributed by atoms with Gasteiger partial charge in [0.05, 0.1) is 24.5 Å². The Labute approximate surface area is 130 Å². The van der Waals surface area contributed by atoms with Crippen molar-refractivity contribution in [1.82, 2.24) is 14.7 Å². The zero-order valence-electron chi connectivity index (χ0n) is 13.4. The Kier molecular flexibility index (Phi) is 3.98. The van der Waals surface area contributed by atoms with E-state index in [-0.39, 0.29) is 5.91 Å². The van der Waals surface area contributed by atoms with Crippen LogP contribution in [0.4, 0.5) is 5.69 Å². The van der Waals surface area contributed by atoms with Crippen LogP contribution in [0.1, 0.15) is 22.5 Å². The highest BCUT2D eigenvalue weighted by Crippen LogP contribution is 2.18. The van der Waals surface area contributed by atoms with Crippen LogP contribution in [-0.2, 0) is 17.9 Å². The van der Waals surface area contributed by atoms with Crippen LogP contribution in [0.25, 0.3) is 0 Å². The number of aromatic nitrogens is 2. The van der Waals surface area contributed by atoms with Gasteiger partial charge in [-0.05, 0) is 44.0 Å². The molecule has 1 N–H and O–H groups in total. The summed E-state index contributed by atoms with van der Waals surface area (Å²) in [5.41, 5.74) is 5.45. The minimum atomic E-state index is 0.0402. The summed E-state index contributed by atoms with van der Waals surface area (Å²) in [6.07, 6.45) is 0. The van der Waals surface area contributed by atoms with E-state index in [4.69, 9.17) is 0 Å². The van der Waals surface area contributed by atoms with Crippen molar-refractivity contribution in [1.29, 1.82) is 0 Å². The summed E-state index contributed by atoms with van der Waals surface area (Å²) in [6, 6.07) is 8.07. The topological polar surface area (TPSA) is 50.2 Å². The van der Waals surface area contributed by atoms with Crippen LogP contribution in [0.15, 0.2) is 24.3 Å². The van der Waals surface area contributed by atoms with Gasteiger partial charge >= 0.3 is 0 Å². The number of nitrogens with one attached hydrogen (secondary N) is 1. The maximum atomic E-state index is 12.3. The number of hydrogen-bond donors (Lipinski definition) is 1. The SMILES string of the molecule is Cc1cc2n(n1)CCN(CC(=O)Nc1cccc(C)c1C)C2. The fraction of sp³-hybridized carbons (Fsp3) is 0.412. The molecule has 116 valence electrons. The predicted octanol–water partition coefficient (Wildman–Crippen LogP) is 2.26. The van der Waals surface area contributed by atoms with Gasteiger partial charge in [0, 0.05) is 18.8 Å². The minimum absolute atomic E-state index is 0.0402. The van der Waals surface area contributed by atoms with Gasteiger partial charge in [-0.3, -0.25) is 14.4 Å². The molecular formula is C17H22N4O. The zero-order chi connectivity index (χ0) is 15.7. The number of amides is 1. The van der Waals surface area contributed by atoms with E-state index >= 15 is 0 Å². The molecule has 1 aliphatic rings. The Morgan fingerprint density at radius 1 is 1.27 bits per heavy atom. The van der Waals surface area contributed by atoms with Crippen LogP contribution in [-0.4, -0.2) is 33.7 Å². The van der Waals surface area contributed by atoms with E-state index in [1.807, 2.05) is 30.7 Å². The largest absolute Gasteiger partial charge is 0.325 e. The van der Waals surface area contributed by atoms with Gasteiger partial charge in [-0.1, -0.05) is 12.1 Å². The number of rotatable bonds is 3. The highest BCUT2D eigenvalue weighted by atomic mass is 16.2. The zero-order valence-corrected chi connectivity index (χ0v) is 13.4. The third-order valence-corrected chi connectivity index (χ3v) is 4.25. The van der Waals surface area contributed by atoms with E-state index < -0.39 is 0 Å². The molecule has 22 heavy (non-hydrogen) atoms. The summed E-state index contributed by atoms with van der Waals surface area (Å²) < 4.78 is 2.04. The molecule has 1 aliphatic heterocycles. The molecular weight excluding hydrogens is 276 g/mol. The average Bonchev–Trinajstić information content (AvgIpc) is 2.83. The quantitative estimate of drug-likeness (QED) is 0.945. The maximum Gasteiger partial charge on any atom is 0.238 e. The summed E-state index contributed by atoms with van der Waals surface area (Å²) in [5, 5.41) is 7.47. The fourth-order valence-electron chi connectivity index (χ4n) is 2.88. The predicted molar refractivity (Wildman–Crippen MR) is 86.8 cm³/mol. The number of fused-ring (bicyclic) bond motifs is 1. The van der Waals surface area contributed by atoms with Gasteiger partial charge in [-0.25, -0.2) is 0 Å². The molecule has 0 saturated heterocycles. The Hall–Kier alpha value is -2.14. The maximum absolute atomic E-state index is 12.3. The number of benzene rings is 1. The van der Waals surface area contributed by atoms with Gasteiger partial charge in [-0.15, -0.1) is 0 Å². The van der Waals surface area contributed by atoms with Crippen molar-refractivity contribution in [2.75, 3.05) is 18.4 Å². The molecule has 1 aromatic heterocycles. The summed E-state index contributed by atoms with van der Waals surface area (Å²) in [6.45, 7) is 8.99. The minimum Gasteiger partial charge on any atom is -0.325 e. The molecule has 0 spiro atoms. The van der Waals surface area contributed by atoms with E-state index in [1.54, 1.807) is 0 Å². The molecule has 0 fully saturated rings. The highest BCUT2D eigenvalue weighted by Gasteiger charge is 2.19. The van der Waals surface area contributed by atoms with Crippen LogP contribution >= 0.6 is 0 Å². The van der Waals surface area contributed by atoms with Crippen LogP contribution in [0.3, 0.4) is 0 Å². The lowest BCUT2D eigenvalue weighted by molar-refractivity contribution is -0.117. The third kappa shape index (κ3) is 3.04. The third-order valence-electron chi connectivity index (χ3n) is 4.25. The van der Waals surface area contributed by atoms with Crippen molar-refractivity contribution in [3.05, 3.63) is 46.8 Å². The molecule has 1 aromatic carbocycles. The lowest BCUT2D eigenvalue weighted by Crippen LogP contribution is -2.39. The van der Waals surface area contributed by atoms with Crippen LogP contribution in [0.2, 0.25) is 0 Å². The Morgan fingerprint density at radius 3 is 2.91 bits per heavy atom. The van der Waals surface area contributed by atoms with E-state index in [0.29, 0.717) is 6.54 Å². The summed E-state index contributed by atoms with van der Waals surface area (Å²) >= 11 is 0. The molecule has 0 bridgehead atoms. The molecule has 0 radical (unpaired) electrons. The first-order valence-corrected chi connectivity index (χ1v) is 7.64. The van der Waals surface area contributed by atoms with Crippen molar-refractivity contribution in [3.8, 4) is 0 Å². The molecule has 3 rings (SSSR count). The first-order chi connectivity index (χ1) is 10.5. The monoisotopic (exact) mass is 298 g/mol. The summed E-state index contributed by atoms with van der Waals surface area (Å²) in [5.74, 6) is 0.0402. The molecule has 0 unspecified atom stereocenters. The van der Waals surface area contributed by atoms with E-state index in [1.165, 1.54) is 11.3 Å². The molecule has 1 amide bonds. The molecule has 5 heteroatoms. The summed E-state index contributed by atoms with van der Waals surface area (Å²) in [4.78, 5) is 14.4. The van der Waals surface area contributed by atoms with E-state index in [2.05, 4.69) is 34.4 Å². The van der Waals surface area contributed by atoms with Crippen molar-refractivity contribution < 1.29 is 4.79 Å². The normalized spacial score (nSPS) is 14.7. The van der Waals surface area contributed by atoms with E-state index in [0.717, 1.165) is 36.6 Å². The van der Waals surface area contributed by atoms with Crippen molar-refractivity contribution in [2.45, 2.75) is 33.9 Å². The van der Waals surface area contributed by atoms with Crippen LogP contribution in [0.5, 0.6) is 0 Å². The first kappa shape index (κ1) is 14.8. The van der Waals surface area contributed by atoms with E-state index in [9.17, 15) is 4.79 Å². The Bertz CT molecular complexity index is 705. The van der Waals surface area contributed by atoms with Crippen LogP contribution in [0, 0.1) is 20.8 Å². The first-order valence-electron chi connectivity index (χ1n) is 7.64. The highest BCUT2D eigenvalue weighted by molar-refractivity contribution is 5.93. The second kappa shape index (κ2) is 5.93. The number of carbonyl (C=O) groups excluding carboxylic acids is 1. The molecule has 0 saturated carbocycles. The van der Waals surface area contributed by atoms with Gasteiger partial charge in [0.25, 0.3) is 0 Å². The van der Waals surface area contributed by atoms with Crippen molar-refractivity contribution in [3.63, 3.8) is 0 Å². The Balaban J connectivity index is 1.62. The molecule has 2 aromatic rings. The molecule has 5 nitrogen and oxygen atoms in total. The number of nitrogens with zero attached hydrogens (tertiary/aromatic N) is 3. The Morgan fingerprint density at radius 2 is 2.09 bits per heavy atom. The smallest absolute Gasteiger partial charge is 0.238 e. The molecule has 2 heterocycles. The lowest BCUT2D eigenvalue weighted by atomic mass is 10.1. The van der Waals surface area contributed by atoms with Gasteiger partial charge in [0.2, 0.25) is 5.91 Å². The summed E-state index contributed by atoms with van der Waals surface area (Å²) in [7, 11) is 0. The number of hydrogen-bond acceptors (Lipinski definition) is 3. The standard InChI is InChI=1S/C17H22N4O/c1-12-5-4-6-16(14(12)3)18-17(22)11-20-7-8-21-15(10-20)9-13(2)19-21/h4-6,9H,7-8,10-11H2,1-3H3,(H,18,22). The lowest BCUT2D eigenvalue weighted by Gasteiger charge is -2.27. The second-order valence-electron chi connectivity index (χ2n) is 6.01. The molecule has 0 aliphatic carbocycles. The number of carbonyl (C=O) groups is 1. The average molecular weight is 298 g/mol. The van der Waals surface area contributed by atoms with Crippen molar-refractivity contribution in [2.24, 2.45) is 0 Å². The van der Waals surface area contributed by atoms with Crippen molar-refractivity contribution >= 4 is 11.6 Å². The fourth-order valence-corrected chi connectivity index (χ4v) is 2.88. The van der Waals surface area contributed by atoms with Gasteiger partial charge in [0.15, 0.2) is 0 Å². The van der Waals surface area contributed by atoms with Gasteiger partial charge in [-0.2, -0.15) is 5.10 Å². The van der Waals surface area contributed by atoms with Gasteiger partial charge in [0.1, 0.15) is 0 Å². The number of aryl methyl sites for hydroxylation is 2. The number of anilines is 1. The second-order valence-corrected chi connectivity index (χ2v) is 6.01. The molecule has 0 atom stereocenters. The van der Waals surface area contributed by atoms with Gasteiger partial charge < -0.3 is 5.32 Å². The van der Waals surface area contributed by atoms with Crippen LogP contribution < -0.4 is 5.32 Å².